The minimum atomic E-state index is -0.0748. The van der Waals surface area contributed by atoms with Gasteiger partial charge in [0.1, 0.15) is 5.75 Å². The number of Topliss-reactive ketones (excluding diaryl/α,β-unsaturated/α-hetero) is 1. The lowest BCUT2D eigenvalue weighted by molar-refractivity contribution is 0.0965. The molecule has 0 bridgehead atoms. The predicted molar refractivity (Wildman–Crippen MR) is 54.9 cm³/mol. The van der Waals surface area contributed by atoms with Gasteiger partial charge < -0.3 is 5.11 Å². The van der Waals surface area contributed by atoms with Crippen molar-refractivity contribution >= 4 is 17.4 Å². The van der Waals surface area contributed by atoms with Crippen LogP contribution in [0.4, 0.5) is 0 Å². The standard InChI is InChI=1S/C11H11ClO2/c1-6-4-8(10(13)7-2-3-7)11(14)9(12)5-6/h4-5,7,14H,2-3H2,1H3. The second-order valence-corrected chi connectivity index (χ2v) is 4.19. The van der Waals surface area contributed by atoms with Crippen LogP contribution in [0.2, 0.25) is 5.02 Å². The van der Waals surface area contributed by atoms with Crippen molar-refractivity contribution in [1.29, 1.82) is 0 Å². The van der Waals surface area contributed by atoms with Crippen molar-refractivity contribution in [1.82, 2.24) is 0 Å². The van der Waals surface area contributed by atoms with Gasteiger partial charge in [0.15, 0.2) is 5.78 Å². The van der Waals surface area contributed by atoms with E-state index < -0.39 is 0 Å². The maximum absolute atomic E-state index is 11.7. The molecule has 1 N–H and O–H groups in total. The second-order valence-electron chi connectivity index (χ2n) is 3.78. The number of carbonyl (C=O) groups is 1. The molecule has 3 heteroatoms. The van der Waals surface area contributed by atoms with Crippen molar-refractivity contribution in [2.45, 2.75) is 19.8 Å². The van der Waals surface area contributed by atoms with Crippen LogP contribution >= 0.6 is 11.6 Å². The van der Waals surface area contributed by atoms with Gasteiger partial charge in [0.2, 0.25) is 0 Å². The van der Waals surface area contributed by atoms with Gasteiger partial charge in [-0.1, -0.05) is 11.6 Å². The zero-order chi connectivity index (χ0) is 10.3. The van der Waals surface area contributed by atoms with Gasteiger partial charge in [0.05, 0.1) is 10.6 Å². The average molecular weight is 211 g/mol. The molecule has 2 nitrogen and oxygen atoms in total. The van der Waals surface area contributed by atoms with Gasteiger partial charge in [-0.25, -0.2) is 0 Å². The molecule has 1 aromatic rings. The van der Waals surface area contributed by atoms with Crippen LogP contribution in [0.5, 0.6) is 5.75 Å². The van der Waals surface area contributed by atoms with E-state index >= 15 is 0 Å². The van der Waals surface area contributed by atoms with Crippen LogP contribution < -0.4 is 0 Å². The van der Waals surface area contributed by atoms with Gasteiger partial charge in [-0.05, 0) is 37.5 Å². The first-order valence-corrected chi connectivity index (χ1v) is 5.00. The number of phenols is 1. The van der Waals surface area contributed by atoms with Crippen LogP contribution in [0, 0.1) is 12.8 Å². The Balaban J connectivity index is 2.45. The van der Waals surface area contributed by atoms with Crippen molar-refractivity contribution in [2.75, 3.05) is 0 Å². The Hall–Kier alpha value is -1.02. The average Bonchev–Trinajstić information content (AvgIpc) is 2.93. The maximum Gasteiger partial charge on any atom is 0.169 e. The Morgan fingerprint density at radius 1 is 1.50 bits per heavy atom. The molecular formula is C11H11ClO2. The first kappa shape index (κ1) is 9.53. The topological polar surface area (TPSA) is 37.3 Å². The molecule has 14 heavy (non-hydrogen) atoms. The molecule has 0 amide bonds. The quantitative estimate of drug-likeness (QED) is 0.763. The van der Waals surface area contributed by atoms with Gasteiger partial charge in [0.25, 0.3) is 0 Å². The summed E-state index contributed by atoms with van der Waals surface area (Å²) in [4.78, 5) is 11.7. The fourth-order valence-electron chi connectivity index (χ4n) is 1.49. The zero-order valence-electron chi connectivity index (χ0n) is 7.88. The molecule has 2 rings (SSSR count). The van der Waals surface area contributed by atoms with Crippen LogP contribution in [-0.4, -0.2) is 10.9 Å². The summed E-state index contributed by atoms with van der Waals surface area (Å²) in [7, 11) is 0. The third-order valence-corrected chi connectivity index (χ3v) is 2.71. The second kappa shape index (κ2) is 3.28. The van der Waals surface area contributed by atoms with Crippen molar-refractivity contribution in [2.24, 2.45) is 5.92 Å². The summed E-state index contributed by atoms with van der Waals surface area (Å²) < 4.78 is 0. The van der Waals surface area contributed by atoms with E-state index in [0.29, 0.717) is 5.56 Å². The summed E-state index contributed by atoms with van der Waals surface area (Å²) >= 11 is 5.79. The first-order valence-electron chi connectivity index (χ1n) is 4.63. The number of halogens is 1. The molecule has 1 aliphatic carbocycles. The molecule has 1 fully saturated rings. The van der Waals surface area contributed by atoms with Crippen molar-refractivity contribution < 1.29 is 9.90 Å². The van der Waals surface area contributed by atoms with Crippen molar-refractivity contribution in [3.63, 3.8) is 0 Å². The molecule has 74 valence electrons. The van der Waals surface area contributed by atoms with Crippen LogP contribution in [0.25, 0.3) is 0 Å². The number of rotatable bonds is 2. The molecule has 0 unspecified atom stereocenters. The van der Waals surface area contributed by atoms with Crippen LogP contribution in [0.3, 0.4) is 0 Å². The number of aryl methyl sites for hydroxylation is 1. The predicted octanol–water partition coefficient (Wildman–Crippen LogP) is 2.95. The van der Waals surface area contributed by atoms with Gasteiger partial charge in [-0.15, -0.1) is 0 Å². The zero-order valence-corrected chi connectivity index (χ0v) is 8.64. The minimum Gasteiger partial charge on any atom is -0.506 e. The van der Waals surface area contributed by atoms with E-state index in [1.807, 2.05) is 6.92 Å². The molecule has 0 aromatic heterocycles. The van der Waals surface area contributed by atoms with E-state index in [2.05, 4.69) is 0 Å². The molecule has 0 spiro atoms. The van der Waals surface area contributed by atoms with Crippen molar-refractivity contribution in [3.05, 3.63) is 28.3 Å². The number of hydrogen-bond donors (Lipinski definition) is 1. The molecular weight excluding hydrogens is 200 g/mol. The van der Waals surface area contributed by atoms with E-state index in [9.17, 15) is 9.90 Å². The van der Waals surface area contributed by atoms with Gasteiger partial charge in [-0.2, -0.15) is 0 Å². The maximum atomic E-state index is 11.7. The van der Waals surface area contributed by atoms with E-state index in [-0.39, 0.29) is 22.5 Å². The Morgan fingerprint density at radius 2 is 2.14 bits per heavy atom. The third kappa shape index (κ3) is 1.62. The number of hydrogen-bond acceptors (Lipinski definition) is 2. The van der Waals surface area contributed by atoms with E-state index in [1.54, 1.807) is 12.1 Å². The van der Waals surface area contributed by atoms with Crippen LogP contribution in [0.1, 0.15) is 28.8 Å². The summed E-state index contributed by atoms with van der Waals surface area (Å²) in [5.74, 6) is 0.0565. The molecule has 1 aliphatic rings. The Morgan fingerprint density at radius 3 is 2.71 bits per heavy atom. The fourth-order valence-corrected chi connectivity index (χ4v) is 1.76. The molecule has 1 saturated carbocycles. The lowest BCUT2D eigenvalue weighted by atomic mass is 10.0. The molecule has 0 aliphatic heterocycles. The number of phenolic OH excluding ortho intramolecular Hbond substituents is 1. The fraction of sp³-hybridized carbons (Fsp3) is 0.364. The molecule has 0 radical (unpaired) electrons. The highest BCUT2D eigenvalue weighted by Gasteiger charge is 2.32. The number of carbonyl (C=O) groups excluding carboxylic acids is 1. The third-order valence-electron chi connectivity index (χ3n) is 2.42. The van der Waals surface area contributed by atoms with Crippen molar-refractivity contribution in [3.8, 4) is 5.75 Å². The molecule has 0 heterocycles. The van der Waals surface area contributed by atoms with Crippen LogP contribution in [-0.2, 0) is 0 Å². The Kier molecular flexibility index (Phi) is 2.23. The summed E-state index contributed by atoms with van der Waals surface area (Å²) in [6.45, 7) is 1.86. The SMILES string of the molecule is Cc1cc(Cl)c(O)c(C(=O)C2CC2)c1. The summed E-state index contributed by atoms with van der Waals surface area (Å²) in [5, 5.41) is 9.87. The highest BCUT2D eigenvalue weighted by Crippen LogP contribution is 2.37. The van der Waals surface area contributed by atoms with E-state index in [0.717, 1.165) is 18.4 Å². The lowest BCUT2D eigenvalue weighted by Gasteiger charge is -2.05. The highest BCUT2D eigenvalue weighted by molar-refractivity contribution is 6.32. The number of benzene rings is 1. The van der Waals surface area contributed by atoms with E-state index in [1.165, 1.54) is 0 Å². The van der Waals surface area contributed by atoms with Gasteiger partial charge in [0, 0.05) is 5.92 Å². The summed E-state index contributed by atoms with van der Waals surface area (Å²) in [6, 6.07) is 3.35. The largest absolute Gasteiger partial charge is 0.506 e. The summed E-state index contributed by atoms with van der Waals surface area (Å²) in [5.41, 5.74) is 1.27. The molecule has 0 saturated heterocycles. The Bertz CT molecular complexity index is 395. The van der Waals surface area contributed by atoms with Crippen LogP contribution in [0.15, 0.2) is 12.1 Å². The first-order chi connectivity index (χ1) is 6.59. The minimum absolute atomic E-state index is 0.0214. The molecule has 0 atom stereocenters. The van der Waals surface area contributed by atoms with E-state index in [4.69, 9.17) is 11.6 Å². The number of aromatic hydroxyl groups is 1. The monoisotopic (exact) mass is 210 g/mol. The summed E-state index contributed by atoms with van der Waals surface area (Å²) in [6.07, 6.45) is 1.87. The Labute approximate surface area is 87.5 Å². The smallest absolute Gasteiger partial charge is 0.169 e. The van der Waals surface area contributed by atoms with Gasteiger partial charge in [-0.3, -0.25) is 4.79 Å². The van der Waals surface area contributed by atoms with Gasteiger partial charge >= 0.3 is 0 Å². The highest BCUT2D eigenvalue weighted by atomic mass is 35.5. The lowest BCUT2D eigenvalue weighted by Crippen LogP contribution is -2.02. The normalized spacial score (nSPS) is 15.6. The number of ketones is 1. The molecule has 1 aromatic carbocycles.